The Morgan fingerprint density at radius 1 is 0.622 bits per heavy atom. The Kier molecular flexibility index (Phi) is 8.19. The van der Waals surface area contributed by atoms with E-state index < -0.39 is 58.6 Å². The molecule has 3 nitrogen and oxygen atoms in total. The zero-order chi connectivity index (χ0) is 27.4. The molecular formula is C25H19F9O3. The summed E-state index contributed by atoms with van der Waals surface area (Å²) in [5.74, 6) is -7.34. The van der Waals surface area contributed by atoms with Gasteiger partial charge in [-0.15, -0.1) is 13.2 Å². The monoisotopic (exact) mass is 538 g/mol. The maximum Gasteiger partial charge on any atom is 0.573 e. The lowest BCUT2D eigenvalue weighted by Gasteiger charge is -2.21. The first-order valence-electron chi connectivity index (χ1n) is 10.8. The molecule has 0 saturated heterocycles. The molecule has 0 unspecified atom stereocenters. The molecule has 3 rings (SSSR count). The van der Waals surface area contributed by atoms with Gasteiger partial charge >= 0.3 is 18.6 Å². The minimum Gasteiger partial charge on any atom is -0.429 e. The van der Waals surface area contributed by atoms with Crippen molar-refractivity contribution in [2.45, 2.75) is 44.8 Å². The van der Waals surface area contributed by atoms with E-state index in [0.29, 0.717) is 12.1 Å². The molecule has 0 radical (unpaired) electrons. The van der Waals surface area contributed by atoms with Crippen molar-refractivity contribution in [3.63, 3.8) is 0 Å². The van der Waals surface area contributed by atoms with Crippen molar-refractivity contribution in [3.8, 4) is 17.2 Å². The lowest BCUT2D eigenvalue weighted by molar-refractivity contribution is -0.276. The Morgan fingerprint density at radius 2 is 1.08 bits per heavy atom. The highest BCUT2D eigenvalue weighted by atomic mass is 19.4. The summed E-state index contributed by atoms with van der Waals surface area (Å²) in [5.41, 5.74) is -0.498. The normalized spacial score (nSPS) is 12.4. The Morgan fingerprint density at radius 3 is 1.54 bits per heavy atom. The fraction of sp³-hybridized carbons (Fsp3) is 0.280. The van der Waals surface area contributed by atoms with Crippen molar-refractivity contribution in [2.75, 3.05) is 0 Å². The van der Waals surface area contributed by atoms with Gasteiger partial charge in [0.05, 0.1) is 11.1 Å². The van der Waals surface area contributed by atoms with Gasteiger partial charge in [-0.25, -0.2) is 8.78 Å². The third-order valence-corrected chi connectivity index (χ3v) is 4.98. The predicted octanol–water partition coefficient (Wildman–Crippen LogP) is 8.46. The topological polar surface area (TPSA) is 27.7 Å². The first-order chi connectivity index (χ1) is 17.2. The molecule has 0 atom stereocenters. The van der Waals surface area contributed by atoms with Crippen LogP contribution in [0.2, 0.25) is 0 Å². The summed E-state index contributed by atoms with van der Waals surface area (Å²) in [7, 11) is 0. The minimum absolute atomic E-state index is 0.0730. The molecule has 0 spiro atoms. The fourth-order valence-corrected chi connectivity index (χ4v) is 3.19. The molecule has 0 amide bonds. The molecule has 200 valence electrons. The molecule has 3 aromatic rings. The van der Waals surface area contributed by atoms with Crippen LogP contribution in [0.5, 0.6) is 17.2 Å². The molecule has 0 fully saturated rings. The van der Waals surface area contributed by atoms with Gasteiger partial charge in [0.2, 0.25) is 5.75 Å². The molecule has 37 heavy (non-hydrogen) atoms. The van der Waals surface area contributed by atoms with E-state index in [1.807, 2.05) is 6.92 Å². The van der Waals surface area contributed by atoms with Gasteiger partial charge in [-0.2, -0.15) is 17.6 Å². The number of halogens is 9. The van der Waals surface area contributed by atoms with Crippen LogP contribution in [0.25, 0.3) is 0 Å². The zero-order valence-electron chi connectivity index (χ0n) is 19.0. The summed E-state index contributed by atoms with van der Waals surface area (Å²) >= 11 is 0. The van der Waals surface area contributed by atoms with Gasteiger partial charge in [-0.05, 0) is 54.8 Å². The van der Waals surface area contributed by atoms with Gasteiger partial charge < -0.3 is 14.2 Å². The van der Waals surface area contributed by atoms with Crippen LogP contribution >= 0.6 is 0 Å². The highest BCUT2D eigenvalue weighted by Gasteiger charge is 2.38. The van der Waals surface area contributed by atoms with Crippen molar-refractivity contribution in [1.82, 2.24) is 0 Å². The molecule has 0 saturated carbocycles. The smallest absolute Gasteiger partial charge is 0.429 e. The molecule has 0 aliphatic rings. The molecule has 0 aromatic heterocycles. The summed E-state index contributed by atoms with van der Waals surface area (Å²) in [5, 5.41) is 0. The number of ether oxygens (including phenoxy) is 3. The van der Waals surface area contributed by atoms with E-state index in [1.54, 1.807) is 0 Å². The summed E-state index contributed by atoms with van der Waals surface area (Å²) < 4.78 is 134. The Bertz CT molecular complexity index is 1170. The number of rotatable bonds is 10. The quantitative estimate of drug-likeness (QED) is 0.243. The van der Waals surface area contributed by atoms with Gasteiger partial charge in [-0.1, -0.05) is 25.5 Å². The van der Waals surface area contributed by atoms with Gasteiger partial charge in [0.1, 0.15) is 11.5 Å². The SMILES string of the molecule is CCCCc1ccc(C(F)(F)Oc2ccc(C(F)(F)Oc3cc(F)c(OC(F)(F)F)c(F)c3)cc2)cc1. The predicted molar refractivity (Wildman–Crippen MR) is 114 cm³/mol. The fourth-order valence-electron chi connectivity index (χ4n) is 3.19. The third-order valence-electron chi connectivity index (χ3n) is 4.98. The largest absolute Gasteiger partial charge is 0.573 e. The van der Waals surface area contributed by atoms with E-state index in [0.717, 1.165) is 37.0 Å². The molecule has 0 N–H and O–H groups in total. The van der Waals surface area contributed by atoms with Crippen molar-refractivity contribution >= 4 is 0 Å². The molecule has 12 heteroatoms. The van der Waals surface area contributed by atoms with Crippen molar-refractivity contribution in [1.29, 1.82) is 0 Å². The average molecular weight is 538 g/mol. The molecule has 0 bridgehead atoms. The number of aryl methyl sites for hydroxylation is 1. The number of alkyl halides is 7. The zero-order valence-corrected chi connectivity index (χ0v) is 19.0. The van der Waals surface area contributed by atoms with Gasteiger partial charge in [0.25, 0.3) is 0 Å². The second kappa shape index (κ2) is 10.8. The summed E-state index contributed by atoms with van der Waals surface area (Å²) in [6, 6.07) is 8.57. The summed E-state index contributed by atoms with van der Waals surface area (Å²) in [6.45, 7) is 2.00. The first-order valence-corrected chi connectivity index (χ1v) is 10.8. The Balaban J connectivity index is 1.71. The van der Waals surface area contributed by atoms with Gasteiger partial charge in [0.15, 0.2) is 11.6 Å². The average Bonchev–Trinajstić information content (AvgIpc) is 2.79. The van der Waals surface area contributed by atoms with Crippen molar-refractivity contribution < 1.29 is 53.7 Å². The van der Waals surface area contributed by atoms with Crippen LogP contribution in [0.3, 0.4) is 0 Å². The summed E-state index contributed by atoms with van der Waals surface area (Å²) in [4.78, 5) is 0. The molecule has 3 aromatic carbocycles. The van der Waals surface area contributed by atoms with E-state index in [9.17, 15) is 39.5 Å². The second-order valence-electron chi connectivity index (χ2n) is 7.83. The summed E-state index contributed by atoms with van der Waals surface area (Å²) in [6.07, 6.45) is -10.9. The van der Waals surface area contributed by atoms with Gasteiger partial charge in [0, 0.05) is 12.1 Å². The van der Waals surface area contributed by atoms with Crippen LogP contribution in [0.15, 0.2) is 60.7 Å². The molecule has 0 aliphatic heterocycles. The van der Waals surface area contributed by atoms with Gasteiger partial charge in [-0.3, -0.25) is 0 Å². The first kappa shape index (κ1) is 28.0. The maximum absolute atomic E-state index is 14.5. The van der Waals surface area contributed by atoms with E-state index in [4.69, 9.17) is 0 Å². The van der Waals surface area contributed by atoms with Crippen LogP contribution < -0.4 is 14.2 Å². The second-order valence-corrected chi connectivity index (χ2v) is 7.83. The van der Waals surface area contributed by atoms with Crippen LogP contribution in [-0.4, -0.2) is 6.36 Å². The lowest BCUT2D eigenvalue weighted by Crippen LogP contribution is -2.23. The molecule has 0 aliphatic carbocycles. The third kappa shape index (κ3) is 7.46. The van der Waals surface area contributed by atoms with Crippen molar-refractivity contribution in [2.24, 2.45) is 0 Å². The number of benzene rings is 3. The number of unbranched alkanes of at least 4 members (excludes halogenated alkanes) is 1. The van der Waals surface area contributed by atoms with Crippen LogP contribution in [0.4, 0.5) is 39.5 Å². The van der Waals surface area contributed by atoms with Crippen LogP contribution in [-0.2, 0) is 18.6 Å². The van der Waals surface area contributed by atoms with Crippen LogP contribution in [0, 0.1) is 11.6 Å². The number of hydrogen-bond acceptors (Lipinski definition) is 3. The Labute approximate surface area is 205 Å². The van der Waals surface area contributed by atoms with E-state index in [1.165, 1.54) is 24.3 Å². The van der Waals surface area contributed by atoms with E-state index in [2.05, 4.69) is 14.2 Å². The lowest BCUT2D eigenvalue weighted by atomic mass is 10.1. The van der Waals surface area contributed by atoms with Crippen molar-refractivity contribution in [3.05, 3.63) is 89.0 Å². The standard InChI is InChI=1S/C25H19F9O3/c1-2-3-4-15-5-7-16(8-6-15)23(28,29)35-18-11-9-17(10-12-18)24(30,31)36-19-13-20(26)22(21(27)14-19)37-25(32,33)34/h5-14H,2-4H2,1H3. The van der Waals surface area contributed by atoms with Crippen LogP contribution in [0.1, 0.15) is 36.5 Å². The maximum atomic E-state index is 14.5. The molecule has 0 heterocycles. The number of hydrogen-bond donors (Lipinski definition) is 0. The highest BCUT2D eigenvalue weighted by molar-refractivity contribution is 5.36. The highest BCUT2D eigenvalue weighted by Crippen LogP contribution is 2.38. The minimum atomic E-state index is -5.42. The Hall–Kier alpha value is -3.57. The molecular weight excluding hydrogens is 519 g/mol. The van der Waals surface area contributed by atoms with E-state index >= 15 is 0 Å². The van der Waals surface area contributed by atoms with E-state index in [-0.39, 0.29) is 12.1 Å².